The zero-order valence-electron chi connectivity index (χ0n) is 12.0. The van der Waals surface area contributed by atoms with Crippen molar-refractivity contribution in [3.63, 3.8) is 0 Å². The Kier molecular flexibility index (Phi) is 4.10. The first kappa shape index (κ1) is 15.0. The maximum atomic E-state index is 13.0. The number of halogens is 1. The molecular formula is C15H19BrN2O2S. The molecule has 6 heteroatoms. The Hall–Kier alpha value is -0.880. The molecule has 1 atom stereocenters. The number of piperazine rings is 1. The van der Waals surface area contributed by atoms with Crippen LogP contribution < -0.4 is 5.32 Å². The zero-order chi connectivity index (χ0) is 15.0. The Bertz CT molecular complexity index is 566. The molecule has 114 valence electrons. The van der Waals surface area contributed by atoms with Gasteiger partial charge in [0.25, 0.3) is 0 Å². The van der Waals surface area contributed by atoms with Gasteiger partial charge in [0.2, 0.25) is 11.8 Å². The number of carbonyl (C=O) groups is 2. The largest absolute Gasteiger partial charge is 0.340 e. The van der Waals surface area contributed by atoms with E-state index in [-0.39, 0.29) is 11.8 Å². The third kappa shape index (κ3) is 2.63. The zero-order valence-corrected chi connectivity index (χ0v) is 14.4. The van der Waals surface area contributed by atoms with Crippen molar-refractivity contribution in [3.8, 4) is 0 Å². The van der Waals surface area contributed by atoms with E-state index < -0.39 is 11.6 Å². The van der Waals surface area contributed by atoms with Gasteiger partial charge >= 0.3 is 0 Å². The Morgan fingerprint density at radius 2 is 2.10 bits per heavy atom. The SMILES string of the molecule is CC1C(=O)NC2(CCCCC2)C(=O)N1Cc1sccc1Br. The van der Waals surface area contributed by atoms with Gasteiger partial charge in [-0.3, -0.25) is 9.59 Å². The quantitative estimate of drug-likeness (QED) is 0.869. The molecule has 1 saturated carbocycles. The van der Waals surface area contributed by atoms with E-state index in [9.17, 15) is 9.59 Å². The van der Waals surface area contributed by atoms with E-state index in [4.69, 9.17) is 0 Å². The van der Waals surface area contributed by atoms with Gasteiger partial charge in [-0.2, -0.15) is 0 Å². The monoisotopic (exact) mass is 370 g/mol. The molecule has 0 bridgehead atoms. The standard InChI is InChI=1S/C15H19BrN2O2S/c1-10-13(19)17-15(6-3-2-4-7-15)14(20)18(10)9-12-11(16)5-8-21-12/h5,8,10H,2-4,6-7,9H2,1H3,(H,17,19). The number of hydrogen-bond acceptors (Lipinski definition) is 3. The van der Waals surface area contributed by atoms with Crippen LogP contribution >= 0.6 is 27.3 Å². The second kappa shape index (κ2) is 5.72. The van der Waals surface area contributed by atoms with E-state index in [0.717, 1.165) is 41.5 Å². The summed E-state index contributed by atoms with van der Waals surface area (Å²) in [4.78, 5) is 28.2. The molecule has 1 unspecified atom stereocenters. The van der Waals surface area contributed by atoms with Gasteiger partial charge in [-0.1, -0.05) is 19.3 Å². The Morgan fingerprint density at radius 3 is 2.71 bits per heavy atom. The molecular weight excluding hydrogens is 352 g/mol. The highest BCUT2D eigenvalue weighted by Crippen LogP contribution is 2.35. The van der Waals surface area contributed by atoms with E-state index in [1.165, 1.54) is 0 Å². The maximum absolute atomic E-state index is 13.0. The van der Waals surface area contributed by atoms with Gasteiger partial charge in [0.15, 0.2) is 0 Å². The lowest BCUT2D eigenvalue weighted by Gasteiger charge is -2.46. The lowest BCUT2D eigenvalue weighted by atomic mass is 9.78. The van der Waals surface area contributed by atoms with Crippen LogP contribution in [0, 0.1) is 0 Å². The molecule has 0 aromatic carbocycles. The summed E-state index contributed by atoms with van der Waals surface area (Å²) in [5.74, 6) is 0.0683. The molecule has 2 amide bonds. The Balaban J connectivity index is 1.88. The third-order valence-electron chi connectivity index (χ3n) is 4.59. The Labute approximate surface area is 137 Å². The molecule has 4 nitrogen and oxygen atoms in total. The van der Waals surface area contributed by atoms with Crippen LogP contribution in [0.4, 0.5) is 0 Å². The predicted molar refractivity (Wildman–Crippen MR) is 86.0 cm³/mol. The van der Waals surface area contributed by atoms with Crippen LogP contribution in [-0.4, -0.2) is 28.3 Å². The minimum absolute atomic E-state index is 0.0239. The number of carbonyl (C=O) groups excluding carboxylic acids is 2. The molecule has 1 aliphatic carbocycles. The topological polar surface area (TPSA) is 49.4 Å². The van der Waals surface area contributed by atoms with Gasteiger partial charge in [0.1, 0.15) is 11.6 Å². The van der Waals surface area contributed by atoms with Crippen LogP contribution in [0.5, 0.6) is 0 Å². The summed E-state index contributed by atoms with van der Waals surface area (Å²) >= 11 is 5.12. The molecule has 2 heterocycles. The second-order valence-corrected chi connectivity index (χ2v) is 7.79. The summed E-state index contributed by atoms with van der Waals surface area (Å²) in [5, 5.41) is 5.01. The molecule has 1 aliphatic heterocycles. The summed E-state index contributed by atoms with van der Waals surface area (Å²) in [6.45, 7) is 2.32. The average molecular weight is 371 g/mol. The number of nitrogens with one attached hydrogen (secondary N) is 1. The average Bonchev–Trinajstić information content (AvgIpc) is 2.88. The molecule has 2 fully saturated rings. The van der Waals surface area contributed by atoms with Crippen molar-refractivity contribution >= 4 is 39.1 Å². The number of amides is 2. The number of rotatable bonds is 2. The molecule has 21 heavy (non-hydrogen) atoms. The lowest BCUT2D eigenvalue weighted by Crippen LogP contribution is -2.69. The first-order chi connectivity index (χ1) is 10.0. The van der Waals surface area contributed by atoms with Crippen molar-refractivity contribution in [2.75, 3.05) is 0 Å². The fourth-order valence-electron chi connectivity index (χ4n) is 3.28. The second-order valence-electron chi connectivity index (χ2n) is 5.93. The normalized spacial score (nSPS) is 25.2. The van der Waals surface area contributed by atoms with Crippen LogP contribution in [0.1, 0.15) is 43.9 Å². The van der Waals surface area contributed by atoms with Crippen LogP contribution in [0.2, 0.25) is 0 Å². The van der Waals surface area contributed by atoms with E-state index in [1.807, 2.05) is 18.4 Å². The van der Waals surface area contributed by atoms with E-state index in [0.29, 0.717) is 6.54 Å². The molecule has 0 radical (unpaired) electrons. The summed E-state index contributed by atoms with van der Waals surface area (Å²) in [7, 11) is 0. The summed E-state index contributed by atoms with van der Waals surface area (Å²) in [6, 6.07) is 1.58. The van der Waals surface area contributed by atoms with Crippen LogP contribution in [0.25, 0.3) is 0 Å². The van der Waals surface area contributed by atoms with E-state index >= 15 is 0 Å². The smallest absolute Gasteiger partial charge is 0.249 e. The van der Waals surface area contributed by atoms with Crippen molar-refractivity contribution in [3.05, 3.63) is 20.8 Å². The van der Waals surface area contributed by atoms with Crippen molar-refractivity contribution in [2.24, 2.45) is 0 Å². The highest BCUT2D eigenvalue weighted by Gasteiger charge is 2.49. The van der Waals surface area contributed by atoms with Gasteiger partial charge in [-0.25, -0.2) is 0 Å². The minimum Gasteiger partial charge on any atom is -0.340 e. The fraction of sp³-hybridized carbons (Fsp3) is 0.600. The van der Waals surface area contributed by atoms with E-state index in [2.05, 4.69) is 21.2 Å². The summed E-state index contributed by atoms with van der Waals surface area (Å²) in [5.41, 5.74) is -0.647. The summed E-state index contributed by atoms with van der Waals surface area (Å²) in [6.07, 6.45) is 4.71. The molecule has 1 N–H and O–H groups in total. The number of nitrogens with zero attached hydrogens (tertiary/aromatic N) is 1. The van der Waals surface area contributed by atoms with Gasteiger partial charge < -0.3 is 10.2 Å². The highest BCUT2D eigenvalue weighted by molar-refractivity contribution is 9.10. The van der Waals surface area contributed by atoms with Crippen molar-refractivity contribution in [1.29, 1.82) is 0 Å². The van der Waals surface area contributed by atoms with Gasteiger partial charge in [-0.15, -0.1) is 11.3 Å². The maximum Gasteiger partial charge on any atom is 0.249 e. The Morgan fingerprint density at radius 1 is 1.38 bits per heavy atom. The molecule has 2 aliphatic rings. The van der Waals surface area contributed by atoms with Crippen LogP contribution in [-0.2, 0) is 16.1 Å². The molecule has 1 saturated heterocycles. The van der Waals surface area contributed by atoms with Gasteiger partial charge in [-0.05, 0) is 47.1 Å². The van der Waals surface area contributed by atoms with Crippen molar-refractivity contribution in [2.45, 2.75) is 57.2 Å². The molecule has 1 aromatic heterocycles. The predicted octanol–water partition coefficient (Wildman–Crippen LogP) is 3.06. The first-order valence-electron chi connectivity index (χ1n) is 7.38. The summed E-state index contributed by atoms with van der Waals surface area (Å²) < 4.78 is 1.01. The lowest BCUT2D eigenvalue weighted by molar-refractivity contribution is -0.156. The van der Waals surface area contributed by atoms with Crippen LogP contribution in [0.3, 0.4) is 0 Å². The number of hydrogen-bond donors (Lipinski definition) is 1. The minimum atomic E-state index is -0.647. The van der Waals surface area contributed by atoms with E-state index in [1.54, 1.807) is 16.2 Å². The highest BCUT2D eigenvalue weighted by atomic mass is 79.9. The third-order valence-corrected chi connectivity index (χ3v) is 6.50. The van der Waals surface area contributed by atoms with Gasteiger partial charge in [0.05, 0.1) is 6.54 Å². The molecule has 1 spiro atoms. The molecule has 1 aromatic rings. The fourth-order valence-corrected chi connectivity index (χ4v) is 4.76. The molecule has 3 rings (SSSR count). The van der Waals surface area contributed by atoms with Gasteiger partial charge in [0, 0.05) is 9.35 Å². The van der Waals surface area contributed by atoms with Crippen LogP contribution in [0.15, 0.2) is 15.9 Å². The van der Waals surface area contributed by atoms with Crippen molar-refractivity contribution in [1.82, 2.24) is 10.2 Å². The first-order valence-corrected chi connectivity index (χ1v) is 9.06. The number of thiophene rings is 1. The van der Waals surface area contributed by atoms with Crippen molar-refractivity contribution < 1.29 is 9.59 Å².